The molecule has 90 valence electrons. The summed E-state index contributed by atoms with van der Waals surface area (Å²) in [7, 11) is 0. The van der Waals surface area contributed by atoms with Gasteiger partial charge in [0.05, 0.1) is 0 Å². The molecule has 3 heteroatoms. The molecule has 0 heterocycles. The minimum absolute atomic E-state index is 0.269. The second-order valence-electron chi connectivity index (χ2n) is 4.19. The number of nitrogens with one attached hydrogen (secondary N) is 1. The van der Waals surface area contributed by atoms with E-state index in [1.807, 2.05) is 0 Å². The molecule has 0 fully saturated rings. The van der Waals surface area contributed by atoms with Crippen molar-refractivity contribution >= 4 is 11.6 Å². The second-order valence-corrected chi connectivity index (χ2v) is 4.59. The van der Waals surface area contributed by atoms with Gasteiger partial charge in [-0.25, -0.2) is 4.39 Å². The van der Waals surface area contributed by atoms with E-state index in [9.17, 15) is 4.39 Å². The van der Waals surface area contributed by atoms with Crippen molar-refractivity contribution in [1.82, 2.24) is 5.32 Å². The van der Waals surface area contributed by atoms with Crippen LogP contribution >= 0.6 is 11.6 Å². The highest BCUT2D eigenvalue weighted by atomic mass is 35.5. The van der Waals surface area contributed by atoms with Crippen LogP contribution in [0.15, 0.2) is 18.2 Å². The first-order valence-electron chi connectivity index (χ1n) is 5.78. The maximum Gasteiger partial charge on any atom is 0.124 e. The molecule has 0 aliphatic carbocycles. The van der Waals surface area contributed by atoms with Crippen molar-refractivity contribution in [2.24, 2.45) is 5.92 Å². The summed E-state index contributed by atoms with van der Waals surface area (Å²) in [4.78, 5) is 0. The highest BCUT2D eigenvalue weighted by Crippen LogP contribution is 2.20. The fourth-order valence-electron chi connectivity index (χ4n) is 1.62. The van der Waals surface area contributed by atoms with E-state index in [1.165, 1.54) is 12.1 Å². The molecule has 1 aromatic rings. The maximum absolute atomic E-state index is 12.8. The van der Waals surface area contributed by atoms with Gasteiger partial charge in [0.15, 0.2) is 0 Å². The Bertz CT molecular complexity index is 328. The molecule has 0 saturated heterocycles. The molecule has 0 aliphatic rings. The Morgan fingerprint density at radius 2 is 2.19 bits per heavy atom. The van der Waals surface area contributed by atoms with Crippen LogP contribution in [0.1, 0.15) is 25.8 Å². The third-order valence-corrected chi connectivity index (χ3v) is 3.02. The lowest BCUT2D eigenvalue weighted by atomic mass is 10.0. The molecule has 1 nitrogen and oxygen atoms in total. The number of rotatable bonds is 6. The largest absolute Gasteiger partial charge is 0.317 e. The van der Waals surface area contributed by atoms with E-state index in [0.29, 0.717) is 10.9 Å². The lowest BCUT2D eigenvalue weighted by molar-refractivity contribution is 0.489. The molecule has 0 saturated carbocycles. The molecule has 0 aromatic heterocycles. The summed E-state index contributed by atoms with van der Waals surface area (Å²) in [6.07, 6.45) is 1.98. The SMILES string of the molecule is CCNCC(C)CCc1ccc(F)cc1Cl. The zero-order chi connectivity index (χ0) is 12.0. The summed E-state index contributed by atoms with van der Waals surface area (Å²) in [5.74, 6) is 0.343. The standard InChI is InChI=1S/C13H19ClFN/c1-3-16-9-10(2)4-5-11-6-7-12(15)8-13(11)14/h6-8,10,16H,3-5,9H2,1-2H3. The van der Waals surface area contributed by atoms with Crippen molar-refractivity contribution in [2.45, 2.75) is 26.7 Å². The Balaban J connectivity index is 2.42. The number of benzene rings is 1. The average molecular weight is 244 g/mol. The van der Waals surface area contributed by atoms with Crippen LogP contribution in [0, 0.1) is 11.7 Å². The summed E-state index contributed by atoms with van der Waals surface area (Å²) in [5, 5.41) is 3.85. The number of aryl methyl sites for hydroxylation is 1. The van der Waals surface area contributed by atoms with Crippen molar-refractivity contribution in [2.75, 3.05) is 13.1 Å². The molecule has 0 aliphatic heterocycles. The molecule has 1 N–H and O–H groups in total. The lowest BCUT2D eigenvalue weighted by Gasteiger charge is -2.12. The number of hydrogen-bond donors (Lipinski definition) is 1. The van der Waals surface area contributed by atoms with Gasteiger partial charge < -0.3 is 5.32 Å². The van der Waals surface area contributed by atoms with Gasteiger partial charge >= 0.3 is 0 Å². The highest BCUT2D eigenvalue weighted by Gasteiger charge is 2.05. The molecule has 0 radical (unpaired) electrons. The van der Waals surface area contributed by atoms with Gasteiger partial charge in [-0.1, -0.05) is 31.5 Å². The highest BCUT2D eigenvalue weighted by molar-refractivity contribution is 6.31. The van der Waals surface area contributed by atoms with Gasteiger partial charge in [0.25, 0.3) is 0 Å². The van der Waals surface area contributed by atoms with Gasteiger partial charge in [0, 0.05) is 5.02 Å². The van der Waals surface area contributed by atoms with E-state index >= 15 is 0 Å². The van der Waals surface area contributed by atoms with Crippen LogP contribution in [-0.4, -0.2) is 13.1 Å². The van der Waals surface area contributed by atoms with Gasteiger partial charge in [0.2, 0.25) is 0 Å². The van der Waals surface area contributed by atoms with Gasteiger partial charge in [-0.15, -0.1) is 0 Å². The van der Waals surface area contributed by atoms with Crippen LogP contribution in [0.3, 0.4) is 0 Å². The van der Waals surface area contributed by atoms with Gasteiger partial charge in [-0.2, -0.15) is 0 Å². The van der Waals surface area contributed by atoms with Crippen LogP contribution in [0.25, 0.3) is 0 Å². The predicted molar refractivity (Wildman–Crippen MR) is 67.4 cm³/mol. The molecule has 1 aromatic carbocycles. The monoisotopic (exact) mass is 243 g/mol. The van der Waals surface area contributed by atoms with Crippen LogP contribution in [-0.2, 0) is 6.42 Å². The van der Waals surface area contributed by atoms with Gasteiger partial charge in [-0.05, 0) is 49.5 Å². The molecule has 1 unspecified atom stereocenters. The molecular formula is C13H19ClFN. The molecule has 1 atom stereocenters. The zero-order valence-corrected chi connectivity index (χ0v) is 10.6. The summed E-state index contributed by atoms with van der Waals surface area (Å²) in [5.41, 5.74) is 1.03. The molecule has 16 heavy (non-hydrogen) atoms. The van der Waals surface area contributed by atoms with Crippen LogP contribution in [0.2, 0.25) is 5.02 Å². The normalized spacial score (nSPS) is 12.8. The van der Waals surface area contributed by atoms with Crippen LogP contribution in [0.4, 0.5) is 4.39 Å². The third-order valence-electron chi connectivity index (χ3n) is 2.66. The minimum Gasteiger partial charge on any atom is -0.317 e. The first kappa shape index (κ1) is 13.5. The molecule has 0 spiro atoms. The fraction of sp³-hybridized carbons (Fsp3) is 0.538. The van der Waals surface area contributed by atoms with Gasteiger partial charge in [-0.3, -0.25) is 0 Å². The van der Waals surface area contributed by atoms with Crippen LogP contribution in [0.5, 0.6) is 0 Å². The van der Waals surface area contributed by atoms with Gasteiger partial charge in [0.1, 0.15) is 5.82 Å². The maximum atomic E-state index is 12.8. The molecule has 0 bridgehead atoms. The minimum atomic E-state index is -0.269. The van der Waals surface area contributed by atoms with E-state index in [0.717, 1.165) is 31.5 Å². The Hall–Kier alpha value is -0.600. The van der Waals surface area contributed by atoms with E-state index in [4.69, 9.17) is 11.6 Å². The molecular weight excluding hydrogens is 225 g/mol. The Kier molecular flexibility index (Phi) is 5.78. The number of hydrogen-bond acceptors (Lipinski definition) is 1. The molecule has 0 amide bonds. The average Bonchev–Trinajstić information content (AvgIpc) is 2.25. The zero-order valence-electron chi connectivity index (χ0n) is 9.89. The van der Waals surface area contributed by atoms with Crippen molar-refractivity contribution in [3.05, 3.63) is 34.6 Å². The van der Waals surface area contributed by atoms with E-state index in [2.05, 4.69) is 19.2 Å². The topological polar surface area (TPSA) is 12.0 Å². The quantitative estimate of drug-likeness (QED) is 0.804. The summed E-state index contributed by atoms with van der Waals surface area (Å²) < 4.78 is 12.8. The first-order valence-corrected chi connectivity index (χ1v) is 6.16. The summed E-state index contributed by atoms with van der Waals surface area (Å²) in [6.45, 7) is 6.33. The van der Waals surface area contributed by atoms with Crippen molar-refractivity contribution in [3.63, 3.8) is 0 Å². The van der Waals surface area contributed by atoms with E-state index in [1.54, 1.807) is 6.07 Å². The first-order chi connectivity index (χ1) is 7.63. The molecule has 1 rings (SSSR count). The Morgan fingerprint density at radius 1 is 1.44 bits per heavy atom. The predicted octanol–water partition coefficient (Wildman–Crippen LogP) is 3.66. The van der Waals surface area contributed by atoms with Crippen molar-refractivity contribution in [3.8, 4) is 0 Å². The second kappa shape index (κ2) is 6.87. The fourth-order valence-corrected chi connectivity index (χ4v) is 1.88. The smallest absolute Gasteiger partial charge is 0.124 e. The Morgan fingerprint density at radius 3 is 2.81 bits per heavy atom. The Labute approximate surface area is 102 Å². The van der Waals surface area contributed by atoms with Crippen LogP contribution < -0.4 is 5.32 Å². The number of halogens is 2. The van der Waals surface area contributed by atoms with Crippen molar-refractivity contribution < 1.29 is 4.39 Å². The lowest BCUT2D eigenvalue weighted by Crippen LogP contribution is -2.20. The van der Waals surface area contributed by atoms with E-state index < -0.39 is 0 Å². The van der Waals surface area contributed by atoms with E-state index in [-0.39, 0.29) is 5.82 Å². The van der Waals surface area contributed by atoms with Crippen molar-refractivity contribution in [1.29, 1.82) is 0 Å². The summed E-state index contributed by atoms with van der Waals surface area (Å²) in [6, 6.07) is 4.62. The summed E-state index contributed by atoms with van der Waals surface area (Å²) >= 11 is 5.96. The third kappa shape index (κ3) is 4.50.